The van der Waals surface area contributed by atoms with Crippen LogP contribution in [0, 0.1) is 0 Å². The summed E-state index contributed by atoms with van der Waals surface area (Å²) in [5, 5.41) is 11.9. The minimum Gasteiger partial charge on any atom is -0.493 e. The van der Waals surface area contributed by atoms with Gasteiger partial charge in [-0.25, -0.2) is 0 Å². The summed E-state index contributed by atoms with van der Waals surface area (Å²) in [6, 6.07) is 12.2. The number of Topliss-reactive ketones (excluding diaryl/α,β-unsaturated/α-hetero) is 1. The molecule has 8 nitrogen and oxygen atoms in total. The summed E-state index contributed by atoms with van der Waals surface area (Å²) in [5.41, 5.74) is 1.09. The second-order valence-corrected chi connectivity index (χ2v) is 8.47. The monoisotopic (exact) mass is 518 g/mol. The molecule has 1 N–H and O–H groups in total. The van der Waals surface area contributed by atoms with Gasteiger partial charge in [0.25, 0.3) is 5.91 Å². The molecule has 3 rings (SSSR count). The highest BCUT2D eigenvalue weighted by Crippen LogP contribution is 2.27. The zero-order valence-electron chi connectivity index (χ0n) is 17.9. The van der Waals surface area contributed by atoms with Crippen LogP contribution in [0.1, 0.15) is 33.5 Å². The Morgan fingerprint density at radius 3 is 2.38 bits per heavy atom. The average molecular weight is 519 g/mol. The predicted molar refractivity (Wildman–Crippen MR) is 126 cm³/mol. The van der Waals surface area contributed by atoms with E-state index < -0.39 is 0 Å². The van der Waals surface area contributed by atoms with Gasteiger partial charge in [0, 0.05) is 22.1 Å². The number of aromatic nitrogens is 3. The number of rotatable bonds is 10. The lowest BCUT2D eigenvalue weighted by Crippen LogP contribution is -2.24. The molecule has 0 unspecified atom stereocenters. The number of amides is 1. The maximum absolute atomic E-state index is 12.6. The number of halogens is 1. The van der Waals surface area contributed by atoms with E-state index in [1.54, 1.807) is 30.3 Å². The number of methoxy groups -OCH3 is 2. The summed E-state index contributed by atoms with van der Waals surface area (Å²) >= 11 is 4.69. The molecule has 1 amide bonds. The van der Waals surface area contributed by atoms with Crippen molar-refractivity contribution in [3.63, 3.8) is 0 Å². The van der Waals surface area contributed by atoms with Crippen LogP contribution in [0.3, 0.4) is 0 Å². The van der Waals surface area contributed by atoms with Crippen LogP contribution in [0.15, 0.2) is 52.1 Å². The maximum atomic E-state index is 12.6. The van der Waals surface area contributed by atoms with Crippen LogP contribution in [-0.4, -0.2) is 46.4 Å². The first-order chi connectivity index (χ1) is 15.5. The Morgan fingerprint density at radius 1 is 1.03 bits per heavy atom. The highest BCUT2D eigenvalue weighted by atomic mass is 79.9. The van der Waals surface area contributed by atoms with Gasteiger partial charge in [-0.3, -0.25) is 9.59 Å². The quantitative estimate of drug-likeness (QED) is 0.320. The van der Waals surface area contributed by atoms with Crippen LogP contribution >= 0.6 is 27.7 Å². The lowest BCUT2D eigenvalue weighted by molar-refractivity contribution is 0.0948. The third-order valence-corrected chi connectivity index (χ3v) is 6.16. The summed E-state index contributed by atoms with van der Waals surface area (Å²) in [6.45, 7) is 2.78. The topological polar surface area (TPSA) is 95.3 Å². The molecule has 2 aromatic carbocycles. The molecule has 0 bridgehead atoms. The van der Waals surface area contributed by atoms with Crippen molar-refractivity contribution in [1.29, 1.82) is 0 Å². The van der Waals surface area contributed by atoms with Crippen molar-refractivity contribution in [3.05, 3.63) is 63.9 Å². The van der Waals surface area contributed by atoms with Crippen molar-refractivity contribution in [3.8, 4) is 11.5 Å². The summed E-state index contributed by atoms with van der Waals surface area (Å²) in [4.78, 5) is 25.0. The van der Waals surface area contributed by atoms with Gasteiger partial charge in [0.2, 0.25) is 0 Å². The van der Waals surface area contributed by atoms with Gasteiger partial charge >= 0.3 is 0 Å². The Kier molecular flexibility index (Phi) is 8.29. The van der Waals surface area contributed by atoms with Crippen molar-refractivity contribution in [1.82, 2.24) is 20.1 Å². The molecule has 3 aromatic rings. The number of carbonyl (C=O) groups is 2. The minimum absolute atomic E-state index is 0.0106. The molecule has 32 heavy (non-hydrogen) atoms. The lowest BCUT2D eigenvalue weighted by atomic mass is 10.2. The number of nitrogens with zero attached hydrogens (tertiary/aromatic N) is 3. The van der Waals surface area contributed by atoms with E-state index in [1.165, 1.54) is 26.0 Å². The average Bonchev–Trinajstić information content (AvgIpc) is 3.22. The Labute approximate surface area is 198 Å². The standard InChI is InChI=1S/C22H23BrN4O4S/c1-4-27-20(12-24-21(29)15-7-10-18(30-2)19(11-15)31-3)25-26-22(27)32-13-17(28)14-5-8-16(23)9-6-14/h5-11H,4,12-13H2,1-3H3,(H,24,29). The van der Waals surface area contributed by atoms with Gasteiger partial charge in [0.1, 0.15) is 0 Å². The van der Waals surface area contributed by atoms with Crippen molar-refractivity contribution >= 4 is 39.4 Å². The predicted octanol–water partition coefficient (Wildman–Crippen LogP) is 3.98. The molecule has 1 heterocycles. The van der Waals surface area contributed by atoms with Gasteiger partial charge in [-0.15, -0.1) is 10.2 Å². The molecular formula is C22H23BrN4O4S. The molecule has 0 aliphatic heterocycles. The molecule has 0 radical (unpaired) electrons. The molecule has 1 aromatic heterocycles. The minimum atomic E-state index is -0.267. The number of nitrogens with one attached hydrogen (secondary N) is 1. The number of ketones is 1. The first kappa shape index (κ1) is 23.8. The number of benzene rings is 2. The van der Waals surface area contributed by atoms with Crippen molar-refractivity contribution in [2.45, 2.75) is 25.2 Å². The zero-order chi connectivity index (χ0) is 23.1. The van der Waals surface area contributed by atoms with Gasteiger partial charge in [-0.05, 0) is 37.3 Å². The summed E-state index contributed by atoms with van der Waals surface area (Å²) in [6.07, 6.45) is 0. The number of ether oxygens (including phenoxy) is 2. The fourth-order valence-electron chi connectivity index (χ4n) is 2.96. The summed E-state index contributed by atoms with van der Waals surface area (Å²) in [7, 11) is 3.06. The van der Waals surface area contributed by atoms with E-state index in [0.717, 1.165) is 4.47 Å². The van der Waals surface area contributed by atoms with Crippen LogP contribution in [0.4, 0.5) is 0 Å². The van der Waals surface area contributed by atoms with Crippen LogP contribution in [-0.2, 0) is 13.1 Å². The SMILES string of the molecule is CCn1c(CNC(=O)c2ccc(OC)c(OC)c2)nnc1SCC(=O)c1ccc(Br)cc1. The molecule has 0 aliphatic carbocycles. The fraction of sp³-hybridized carbons (Fsp3) is 0.273. The molecular weight excluding hydrogens is 496 g/mol. The van der Waals surface area contributed by atoms with E-state index in [2.05, 4.69) is 31.4 Å². The van der Waals surface area contributed by atoms with Gasteiger partial charge in [-0.2, -0.15) is 0 Å². The number of hydrogen-bond donors (Lipinski definition) is 1. The largest absolute Gasteiger partial charge is 0.493 e. The molecule has 0 fully saturated rings. The van der Waals surface area contributed by atoms with Crippen LogP contribution < -0.4 is 14.8 Å². The summed E-state index contributed by atoms with van der Waals surface area (Å²) in [5.74, 6) is 1.63. The van der Waals surface area contributed by atoms with Gasteiger partial charge < -0.3 is 19.4 Å². The molecule has 0 saturated heterocycles. The van der Waals surface area contributed by atoms with E-state index in [-0.39, 0.29) is 24.0 Å². The molecule has 0 aliphatic rings. The van der Waals surface area contributed by atoms with E-state index in [1.807, 2.05) is 23.6 Å². The highest BCUT2D eigenvalue weighted by molar-refractivity contribution is 9.10. The number of thioether (sulfide) groups is 1. The Morgan fingerprint density at radius 2 is 1.72 bits per heavy atom. The maximum Gasteiger partial charge on any atom is 0.251 e. The summed E-state index contributed by atoms with van der Waals surface area (Å²) < 4.78 is 13.3. The molecule has 168 valence electrons. The molecule has 0 spiro atoms. The van der Waals surface area contributed by atoms with E-state index in [0.29, 0.717) is 40.2 Å². The smallest absolute Gasteiger partial charge is 0.251 e. The van der Waals surface area contributed by atoms with Crippen molar-refractivity contribution < 1.29 is 19.1 Å². The molecule has 10 heteroatoms. The van der Waals surface area contributed by atoms with E-state index >= 15 is 0 Å². The van der Waals surface area contributed by atoms with Crippen LogP contribution in [0.5, 0.6) is 11.5 Å². The normalized spacial score (nSPS) is 10.6. The Bertz CT molecular complexity index is 1100. The first-order valence-electron chi connectivity index (χ1n) is 9.80. The molecule has 0 atom stereocenters. The van der Waals surface area contributed by atoms with E-state index in [9.17, 15) is 9.59 Å². The van der Waals surface area contributed by atoms with Gasteiger partial charge in [-0.1, -0.05) is 39.8 Å². The Hall–Kier alpha value is -2.85. The second kappa shape index (κ2) is 11.1. The number of hydrogen-bond acceptors (Lipinski definition) is 7. The zero-order valence-corrected chi connectivity index (χ0v) is 20.3. The first-order valence-corrected chi connectivity index (χ1v) is 11.6. The third kappa shape index (κ3) is 5.68. The van der Waals surface area contributed by atoms with Crippen molar-refractivity contribution in [2.75, 3.05) is 20.0 Å². The van der Waals surface area contributed by atoms with Gasteiger partial charge in [0.15, 0.2) is 28.3 Å². The fourth-order valence-corrected chi connectivity index (χ4v) is 4.14. The second-order valence-electron chi connectivity index (χ2n) is 6.61. The number of carbonyl (C=O) groups excluding carboxylic acids is 2. The van der Waals surface area contributed by atoms with Crippen molar-refractivity contribution in [2.24, 2.45) is 0 Å². The Balaban J connectivity index is 1.62. The third-order valence-electron chi connectivity index (χ3n) is 4.66. The molecule has 0 saturated carbocycles. The van der Waals surface area contributed by atoms with E-state index in [4.69, 9.17) is 9.47 Å². The van der Waals surface area contributed by atoms with Gasteiger partial charge in [0.05, 0.1) is 26.5 Å². The lowest BCUT2D eigenvalue weighted by Gasteiger charge is -2.11. The van der Waals surface area contributed by atoms with Crippen LogP contribution in [0.25, 0.3) is 0 Å². The highest BCUT2D eigenvalue weighted by Gasteiger charge is 2.16. The van der Waals surface area contributed by atoms with Crippen LogP contribution in [0.2, 0.25) is 0 Å².